The summed E-state index contributed by atoms with van der Waals surface area (Å²) in [7, 11) is 0. The first kappa shape index (κ1) is 11.8. The first-order valence-corrected chi connectivity index (χ1v) is 6.15. The summed E-state index contributed by atoms with van der Waals surface area (Å²) < 4.78 is 0. The van der Waals surface area contributed by atoms with Gasteiger partial charge in [0.1, 0.15) is 5.82 Å². The van der Waals surface area contributed by atoms with Crippen LogP contribution in [0, 0.1) is 0 Å². The molecule has 1 aromatic heterocycles. The van der Waals surface area contributed by atoms with E-state index in [-0.39, 0.29) is 11.3 Å². The lowest BCUT2D eigenvalue weighted by atomic mass is 9.95. The number of hydrogen-bond donors (Lipinski definition) is 2. The third-order valence-corrected chi connectivity index (χ3v) is 3.55. The molecule has 0 atom stereocenters. The van der Waals surface area contributed by atoms with Crippen molar-refractivity contribution in [3.63, 3.8) is 0 Å². The van der Waals surface area contributed by atoms with E-state index in [1.54, 1.807) is 0 Å². The van der Waals surface area contributed by atoms with Gasteiger partial charge in [-0.05, 0) is 18.4 Å². The highest BCUT2D eigenvalue weighted by Crippen LogP contribution is 2.51. The molecule has 1 heterocycles. The van der Waals surface area contributed by atoms with Crippen LogP contribution in [0.1, 0.15) is 34.6 Å². The van der Waals surface area contributed by atoms with Crippen molar-refractivity contribution in [3.8, 4) is 0 Å². The fraction of sp³-hybridized carbons (Fsp3) is 0.214. The first-order chi connectivity index (χ1) is 9.26. The predicted octanol–water partition coefficient (Wildman–Crippen LogP) is 1.16. The van der Waals surface area contributed by atoms with Gasteiger partial charge < -0.3 is 0 Å². The van der Waals surface area contributed by atoms with Gasteiger partial charge in [0, 0.05) is 12.4 Å². The van der Waals surface area contributed by atoms with E-state index in [9.17, 15) is 4.79 Å². The van der Waals surface area contributed by atoms with E-state index in [1.165, 1.54) is 18.0 Å². The molecule has 1 amide bonds. The molecule has 0 bridgehead atoms. The fourth-order valence-electron chi connectivity index (χ4n) is 2.30. The summed E-state index contributed by atoms with van der Waals surface area (Å²) in [5, 5.41) is 0. The van der Waals surface area contributed by atoms with Crippen LogP contribution in [0.4, 0.5) is 0 Å². The summed E-state index contributed by atoms with van der Waals surface area (Å²) in [6, 6.07) is 10.2. The van der Waals surface area contributed by atoms with E-state index in [0.717, 1.165) is 18.7 Å². The molecule has 0 aliphatic heterocycles. The molecule has 5 nitrogen and oxygen atoms in total. The Balaban J connectivity index is 1.93. The highest BCUT2D eigenvalue weighted by Gasteiger charge is 2.48. The van der Waals surface area contributed by atoms with E-state index in [1.807, 2.05) is 18.2 Å². The second-order valence-corrected chi connectivity index (χ2v) is 4.72. The molecule has 2 aromatic rings. The molecule has 1 aromatic carbocycles. The number of rotatable bonds is 3. The van der Waals surface area contributed by atoms with Crippen molar-refractivity contribution in [1.29, 1.82) is 0 Å². The van der Waals surface area contributed by atoms with E-state index in [4.69, 9.17) is 5.84 Å². The maximum absolute atomic E-state index is 11.3. The molecule has 0 unspecified atom stereocenters. The van der Waals surface area contributed by atoms with Crippen LogP contribution in [0.25, 0.3) is 0 Å². The molecule has 1 aliphatic rings. The van der Waals surface area contributed by atoms with Crippen LogP contribution in [0.5, 0.6) is 0 Å². The Morgan fingerprint density at radius 1 is 1.16 bits per heavy atom. The maximum Gasteiger partial charge on any atom is 0.268 e. The molecule has 0 spiro atoms. The van der Waals surface area contributed by atoms with Crippen LogP contribution in [0.2, 0.25) is 0 Å². The number of hydrazine groups is 1. The normalized spacial score (nSPS) is 15.8. The summed E-state index contributed by atoms with van der Waals surface area (Å²) in [6.07, 6.45) is 5.12. The third-order valence-electron chi connectivity index (χ3n) is 3.55. The number of nitrogens with zero attached hydrogens (tertiary/aromatic N) is 2. The van der Waals surface area contributed by atoms with E-state index < -0.39 is 0 Å². The average molecular weight is 254 g/mol. The zero-order valence-corrected chi connectivity index (χ0v) is 10.3. The monoisotopic (exact) mass is 254 g/mol. The standard InChI is InChI=1S/C14H14N4O/c15-18-12(19)10-8-16-13(17-9-10)14(6-7-14)11-4-2-1-3-5-11/h1-5,8-9H,6-7,15H2,(H,18,19). The van der Waals surface area contributed by atoms with Gasteiger partial charge in [-0.15, -0.1) is 0 Å². The van der Waals surface area contributed by atoms with Gasteiger partial charge >= 0.3 is 0 Å². The lowest BCUT2D eigenvalue weighted by Crippen LogP contribution is -2.30. The average Bonchev–Trinajstić information content (AvgIpc) is 3.29. The summed E-state index contributed by atoms with van der Waals surface area (Å²) in [4.78, 5) is 20.0. The molecule has 1 aliphatic carbocycles. The summed E-state index contributed by atoms with van der Waals surface area (Å²) in [5.41, 5.74) is 3.60. The van der Waals surface area contributed by atoms with Crippen LogP contribution < -0.4 is 11.3 Å². The molecule has 19 heavy (non-hydrogen) atoms. The largest absolute Gasteiger partial charge is 0.290 e. The van der Waals surface area contributed by atoms with E-state index in [2.05, 4.69) is 27.5 Å². The Morgan fingerprint density at radius 2 is 1.79 bits per heavy atom. The molecule has 1 fully saturated rings. The molecule has 1 saturated carbocycles. The Bertz CT molecular complexity index is 591. The fourth-order valence-corrected chi connectivity index (χ4v) is 2.30. The minimum Gasteiger partial charge on any atom is -0.290 e. The van der Waals surface area contributed by atoms with Crippen molar-refractivity contribution < 1.29 is 4.79 Å². The first-order valence-electron chi connectivity index (χ1n) is 6.15. The smallest absolute Gasteiger partial charge is 0.268 e. The number of nitrogens with two attached hydrogens (primary N) is 1. The molecule has 5 heteroatoms. The Labute approximate surface area is 110 Å². The van der Waals surface area contributed by atoms with Crippen LogP contribution in [0.15, 0.2) is 42.7 Å². The van der Waals surface area contributed by atoms with Crippen LogP contribution >= 0.6 is 0 Å². The van der Waals surface area contributed by atoms with Crippen LogP contribution in [-0.2, 0) is 5.41 Å². The minimum atomic E-state index is -0.379. The highest BCUT2D eigenvalue weighted by molar-refractivity contribution is 5.93. The predicted molar refractivity (Wildman–Crippen MR) is 70.1 cm³/mol. The number of hydrogen-bond acceptors (Lipinski definition) is 4. The van der Waals surface area contributed by atoms with Crippen molar-refractivity contribution in [2.24, 2.45) is 5.84 Å². The summed E-state index contributed by atoms with van der Waals surface area (Å²) in [5.74, 6) is 5.47. The number of carbonyl (C=O) groups excluding carboxylic acids is 1. The minimum absolute atomic E-state index is 0.0705. The number of carbonyl (C=O) groups is 1. The third kappa shape index (κ3) is 1.98. The van der Waals surface area contributed by atoms with Gasteiger partial charge in [-0.25, -0.2) is 15.8 Å². The van der Waals surface area contributed by atoms with Crippen molar-refractivity contribution in [2.45, 2.75) is 18.3 Å². The van der Waals surface area contributed by atoms with Gasteiger partial charge in [-0.2, -0.15) is 0 Å². The Hall–Kier alpha value is -2.27. The molecule has 96 valence electrons. The van der Waals surface area contributed by atoms with Crippen molar-refractivity contribution in [3.05, 3.63) is 59.7 Å². The zero-order chi connectivity index (χ0) is 13.3. The molecular weight excluding hydrogens is 240 g/mol. The van der Waals surface area contributed by atoms with Gasteiger partial charge in [0.15, 0.2) is 0 Å². The number of benzene rings is 1. The lowest BCUT2D eigenvalue weighted by molar-refractivity contribution is 0.0953. The van der Waals surface area contributed by atoms with Gasteiger partial charge in [0.2, 0.25) is 0 Å². The quantitative estimate of drug-likeness (QED) is 0.489. The summed E-state index contributed by atoms with van der Waals surface area (Å²) in [6.45, 7) is 0. The van der Waals surface area contributed by atoms with Gasteiger partial charge in [-0.3, -0.25) is 10.2 Å². The summed E-state index contributed by atoms with van der Waals surface area (Å²) >= 11 is 0. The number of nitrogens with one attached hydrogen (secondary N) is 1. The molecular formula is C14H14N4O. The Morgan fingerprint density at radius 3 is 2.32 bits per heavy atom. The van der Waals surface area contributed by atoms with Gasteiger partial charge in [-0.1, -0.05) is 30.3 Å². The number of nitrogen functional groups attached to an aromatic ring is 1. The second kappa shape index (κ2) is 4.44. The van der Waals surface area contributed by atoms with Crippen molar-refractivity contribution in [1.82, 2.24) is 15.4 Å². The second-order valence-electron chi connectivity index (χ2n) is 4.72. The van der Waals surface area contributed by atoms with Crippen molar-refractivity contribution >= 4 is 5.91 Å². The molecule has 3 rings (SSSR count). The number of amides is 1. The molecule has 3 N–H and O–H groups in total. The SMILES string of the molecule is NNC(=O)c1cnc(C2(c3ccccc3)CC2)nc1. The topological polar surface area (TPSA) is 80.9 Å². The highest BCUT2D eigenvalue weighted by atomic mass is 16.2. The molecule has 0 saturated heterocycles. The van der Waals surface area contributed by atoms with Crippen molar-refractivity contribution in [2.75, 3.05) is 0 Å². The van der Waals surface area contributed by atoms with Gasteiger partial charge in [0.05, 0.1) is 11.0 Å². The van der Waals surface area contributed by atoms with Crippen LogP contribution in [-0.4, -0.2) is 15.9 Å². The van der Waals surface area contributed by atoms with Gasteiger partial charge in [0.25, 0.3) is 5.91 Å². The lowest BCUT2D eigenvalue weighted by Gasteiger charge is -2.14. The van der Waals surface area contributed by atoms with E-state index in [0.29, 0.717) is 5.56 Å². The Kier molecular flexibility index (Phi) is 2.76. The maximum atomic E-state index is 11.3. The molecule has 0 radical (unpaired) electrons. The number of aromatic nitrogens is 2. The van der Waals surface area contributed by atoms with Crippen LogP contribution in [0.3, 0.4) is 0 Å². The van der Waals surface area contributed by atoms with E-state index >= 15 is 0 Å². The zero-order valence-electron chi connectivity index (χ0n) is 10.3.